The molecule has 0 aliphatic carbocycles. The lowest BCUT2D eigenvalue weighted by molar-refractivity contribution is 0.598. The monoisotopic (exact) mass is 212 g/mol. The van der Waals surface area contributed by atoms with Gasteiger partial charge in [0.15, 0.2) is 0 Å². The van der Waals surface area contributed by atoms with Crippen molar-refractivity contribution in [2.75, 3.05) is 0 Å². The zero-order chi connectivity index (χ0) is 10.6. The van der Waals surface area contributed by atoms with Crippen LogP contribution in [0, 0.1) is 0 Å². The minimum Gasteiger partial charge on any atom is -0.238 e. The van der Waals surface area contributed by atoms with E-state index in [-0.39, 0.29) is 0 Å². The molecule has 1 heterocycles. The Labute approximate surface area is 90.7 Å². The molecule has 0 amide bonds. The number of aromatic nitrogens is 2. The smallest absolute Gasteiger partial charge is 0.133 e. The standard InChI is InChI=1S/C11H17ClN2/c1-4-8(5-2)11-13-9(6-3)7-10(12)14-11/h7-8H,4-6H2,1-3H3. The van der Waals surface area contributed by atoms with E-state index in [0.29, 0.717) is 11.1 Å². The molecule has 0 aliphatic heterocycles. The number of hydrogen-bond donors (Lipinski definition) is 0. The molecular formula is C11H17ClN2. The van der Waals surface area contributed by atoms with Crippen molar-refractivity contribution in [1.29, 1.82) is 0 Å². The van der Waals surface area contributed by atoms with Gasteiger partial charge in [-0.15, -0.1) is 0 Å². The molecule has 0 radical (unpaired) electrons. The molecule has 78 valence electrons. The van der Waals surface area contributed by atoms with Gasteiger partial charge >= 0.3 is 0 Å². The summed E-state index contributed by atoms with van der Waals surface area (Å²) < 4.78 is 0. The van der Waals surface area contributed by atoms with Crippen LogP contribution in [0.25, 0.3) is 0 Å². The van der Waals surface area contributed by atoms with Crippen LogP contribution in [0.4, 0.5) is 0 Å². The largest absolute Gasteiger partial charge is 0.238 e. The molecule has 0 unspecified atom stereocenters. The van der Waals surface area contributed by atoms with Crippen LogP contribution in [0.3, 0.4) is 0 Å². The van der Waals surface area contributed by atoms with E-state index in [1.807, 2.05) is 6.07 Å². The highest BCUT2D eigenvalue weighted by atomic mass is 35.5. The first-order valence-electron chi connectivity index (χ1n) is 5.24. The Morgan fingerprint density at radius 2 is 1.86 bits per heavy atom. The summed E-state index contributed by atoms with van der Waals surface area (Å²) in [4.78, 5) is 8.78. The van der Waals surface area contributed by atoms with Gasteiger partial charge in [0.05, 0.1) is 0 Å². The normalized spacial score (nSPS) is 10.9. The Bertz CT molecular complexity index is 295. The Balaban J connectivity index is 3.01. The molecule has 1 aromatic rings. The average molecular weight is 213 g/mol. The van der Waals surface area contributed by atoms with Crippen molar-refractivity contribution in [3.05, 3.63) is 22.7 Å². The average Bonchev–Trinajstić information content (AvgIpc) is 2.19. The summed E-state index contributed by atoms with van der Waals surface area (Å²) in [5.41, 5.74) is 1.03. The number of halogens is 1. The summed E-state index contributed by atoms with van der Waals surface area (Å²) >= 11 is 5.94. The van der Waals surface area contributed by atoms with Crippen LogP contribution < -0.4 is 0 Å². The van der Waals surface area contributed by atoms with Crippen LogP contribution in [0.1, 0.15) is 51.0 Å². The van der Waals surface area contributed by atoms with Gasteiger partial charge < -0.3 is 0 Å². The minimum absolute atomic E-state index is 0.444. The van der Waals surface area contributed by atoms with Crippen molar-refractivity contribution < 1.29 is 0 Å². The first-order valence-corrected chi connectivity index (χ1v) is 5.62. The Kier molecular flexibility index (Phi) is 4.33. The number of hydrogen-bond acceptors (Lipinski definition) is 2. The summed E-state index contributed by atoms with van der Waals surface area (Å²) in [5.74, 6) is 1.35. The van der Waals surface area contributed by atoms with Crippen molar-refractivity contribution in [3.8, 4) is 0 Å². The maximum atomic E-state index is 5.94. The van der Waals surface area contributed by atoms with Crippen molar-refractivity contribution in [3.63, 3.8) is 0 Å². The molecule has 0 bridgehead atoms. The van der Waals surface area contributed by atoms with Crippen LogP contribution in [0.15, 0.2) is 6.07 Å². The van der Waals surface area contributed by atoms with Crippen LogP contribution in [0.5, 0.6) is 0 Å². The van der Waals surface area contributed by atoms with Crippen molar-refractivity contribution >= 4 is 11.6 Å². The second-order valence-electron chi connectivity index (χ2n) is 3.41. The van der Waals surface area contributed by atoms with E-state index in [4.69, 9.17) is 11.6 Å². The molecule has 0 saturated heterocycles. The van der Waals surface area contributed by atoms with Crippen LogP contribution in [-0.4, -0.2) is 9.97 Å². The summed E-state index contributed by atoms with van der Waals surface area (Å²) in [6.45, 7) is 6.39. The molecule has 14 heavy (non-hydrogen) atoms. The SMILES string of the molecule is CCc1cc(Cl)nc(C(CC)CC)n1. The van der Waals surface area contributed by atoms with E-state index >= 15 is 0 Å². The third kappa shape index (κ3) is 2.68. The molecule has 0 saturated carbocycles. The van der Waals surface area contributed by atoms with Gasteiger partial charge in [-0.2, -0.15) is 0 Å². The first-order chi connectivity index (χ1) is 6.71. The molecule has 1 aromatic heterocycles. The molecule has 0 fully saturated rings. The van der Waals surface area contributed by atoms with E-state index in [2.05, 4.69) is 30.7 Å². The van der Waals surface area contributed by atoms with Gasteiger partial charge in [-0.25, -0.2) is 9.97 Å². The minimum atomic E-state index is 0.444. The number of rotatable bonds is 4. The highest BCUT2D eigenvalue weighted by Gasteiger charge is 2.11. The number of nitrogens with zero attached hydrogens (tertiary/aromatic N) is 2. The van der Waals surface area contributed by atoms with Gasteiger partial charge in [-0.3, -0.25) is 0 Å². The van der Waals surface area contributed by atoms with Crippen LogP contribution in [-0.2, 0) is 6.42 Å². The van der Waals surface area contributed by atoms with Gasteiger partial charge in [-0.05, 0) is 25.3 Å². The molecule has 0 aromatic carbocycles. The van der Waals surface area contributed by atoms with Gasteiger partial charge in [0, 0.05) is 11.6 Å². The van der Waals surface area contributed by atoms with E-state index < -0.39 is 0 Å². The van der Waals surface area contributed by atoms with E-state index in [9.17, 15) is 0 Å². The predicted octanol–water partition coefficient (Wildman–Crippen LogP) is 3.60. The van der Waals surface area contributed by atoms with Gasteiger partial charge in [0.1, 0.15) is 11.0 Å². The van der Waals surface area contributed by atoms with Crippen molar-refractivity contribution in [1.82, 2.24) is 9.97 Å². The van der Waals surface area contributed by atoms with Crippen molar-refractivity contribution in [2.45, 2.75) is 46.0 Å². The molecule has 0 spiro atoms. The predicted molar refractivity (Wildman–Crippen MR) is 59.7 cm³/mol. The third-order valence-electron chi connectivity index (χ3n) is 2.48. The first kappa shape index (κ1) is 11.4. The molecular weight excluding hydrogens is 196 g/mol. The zero-order valence-electron chi connectivity index (χ0n) is 9.05. The molecule has 0 N–H and O–H groups in total. The Hall–Kier alpha value is -0.630. The maximum Gasteiger partial charge on any atom is 0.133 e. The quantitative estimate of drug-likeness (QED) is 0.713. The molecule has 0 aliphatic rings. The molecule has 3 heteroatoms. The van der Waals surface area contributed by atoms with Crippen LogP contribution >= 0.6 is 11.6 Å². The maximum absolute atomic E-state index is 5.94. The van der Waals surface area contributed by atoms with Gasteiger partial charge in [0.2, 0.25) is 0 Å². The fourth-order valence-corrected chi connectivity index (χ4v) is 1.71. The van der Waals surface area contributed by atoms with Crippen molar-refractivity contribution in [2.24, 2.45) is 0 Å². The summed E-state index contributed by atoms with van der Waals surface area (Å²) in [5, 5.41) is 0.568. The second-order valence-corrected chi connectivity index (χ2v) is 3.79. The highest BCUT2D eigenvalue weighted by molar-refractivity contribution is 6.29. The fraction of sp³-hybridized carbons (Fsp3) is 0.636. The Morgan fingerprint density at radius 3 is 2.36 bits per heavy atom. The number of aryl methyl sites for hydroxylation is 1. The highest BCUT2D eigenvalue weighted by Crippen LogP contribution is 2.21. The van der Waals surface area contributed by atoms with E-state index in [1.165, 1.54) is 0 Å². The van der Waals surface area contributed by atoms with E-state index in [0.717, 1.165) is 30.8 Å². The Morgan fingerprint density at radius 1 is 1.21 bits per heavy atom. The second kappa shape index (κ2) is 5.30. The summed E-state index contributed by atoms with van der Waals surface area (Å²) in [6, 6.07) is 1.84. The lowest BCUT2D eigenvalue weighted by Crippen LogP contribution is -2.05. The third-order valence-corrected chi connectivity index (χ3v) is 2.67. The molecule has 1 rings (SSSR count). The summed E-state index contributed by atoms with van der Waals surface area (Å²) in [6.07, 6.45) is 3.05. The topological polar surface area (TPSA) is 25.8 Å². The fourth-order valence-electron chi connectivity index (χ4n) is 1.50. The van der Waals surface area contributed by atoms with E-state index in [1.54, 1.807) is 0 Å². The lowest BCUT2D eigenvalue weighted by Gasteiger charge is -2.11. The lowest BCUT2D eigenvalue weighted by atomic mass is 10.0. The van der Waals surface area contributed by atoms with Gasteiger partial charge in [-0.1, -0.05) is 32.4 Å². The molecule has 0 atom stereocenters. The van der Waals surface area contributed by atoms with Gasteiger partial charge in [0.25, 0.3) is 0 Å². The summed E-state index contributed by atoms with van der Waals surface area (Å²) in [7, 11) is 0. The molecule has 2 nitrogen and oxygen atoms in total. The van der Waals surface area contributed by atoms with Crippen LogP contribution in [0.2, 0.25) is 5.15 Å². The zero-order valence-corrected chi connectivity index (χ0v) is 9.80.